The first-order valence-corrected chi connectivity index (χ1v) is 13.9. The van der Waals surface area contributed by atoms with Crippen molar-refractivity contribution in [2.45, 2.75) is 21.9 Å². The highest BCUT2D eigenvalue weighted by molar-refractivity contribution is 8.01. The van der Waals surface area contributed by atoms with Crippen LogP contribution in [0.3, 0.4) is 0 Å². The lowest BCUT2D eigenvalue weighted by Gasteiger charge is -2.49. The molecule has 0 spiro atoms. The fourth-order valence-electron chi connectivity index (χ4n) is 3.25. The second-order valence-electron chi connectivity index (χ2n) is 7.24. The maximum Gasteiger partial charge on any atom is 0.425 e. The van der Waals surface area contributed by atoms with Crippen molar-refractivity contribution >= 4 is 81.2 Å². The number of amides is 3. The molecular formula is C18H14F3N7O6S4. The zero-order chi connectivity index (χ0) is 27.4. The predicted octanol–water partition coefficient (Wildman–Crippen LogP) is 1.38. The van der Waals surface area contributed by atoms with Crippen LogP contribution >= 0.6 is 46.2 Å². The molecule has 0 saturated carbocycles. The van der Waals surface area contributed by atoms with Crippen molar-refractivity contribution in [3.8, 4) is 0 Å². The third-order valence-electron chi connectivity index (χ3n) is 4.77. The number of carbonyl (C=O) groups excluding carboxylic acids is 3. The van der Waals surface area contributed by atoms with Gasteiger partial charge in [-0.2, -0.15) is 13.2 Å². The van der Waals surface area contributed by atoms with E-state index in [1.165, 1.54) is 45.8 Å². The van der Waals surface area contributed by atoms with Gasteiger partial charge in [0.15, 0.2) is 15.2 Å². The average molecular weight is 610 g/mol. The lowest BCUT2D eigenvalue weighted by Crippen LogP contribution is -2.71. The Labute approximate surface area is 226 Å². The number of aromatic nitrogens is 3. The van der Waals surface area contributed by atoms with Gasteiger partial charge in [-0.05, 0) is 5.57 Å². The molecule has 0 bridgehead atoms. The molecule has 0 aromatic carbocycles. The van der Waals surface area contributed by atoms with Gasteiger partial charge in [-0.3, -0.25) is 19.3 Å². The van der Waals surface area contributed by atoms with Crippen LogP contribution in [0.1, 0.15) is 5.69 Å². The molecule has 2 aromatic rings. The van der Waals surface area contributed by atoms with E-state index in [-0.39, 0.29) is 28.0 Å². The molecule has 38 heavy (non-hydrogen) atoms. The monoisotopic (exact) mass is 609 g/mol. The number of oxime groups is 1. The highest BCUT2D eigenvalue weighted by Crippen LogP contribution is 2.41. The van der Waals surface area contributed by atoms with Gasteiger partial charge in [-0.25, -0.2) is 9.78 Å². The Bertz CT molecular complexity index is 1300. The zero-order valence-electron chi connectivity index (χ0n) is 18.5. The molecule has 2 aliphatic heterocycles. The minimum absolute atomic E-state index is 0.0372. The van der Waals surface area contributed by atoms with E-state index >= 15 is 0 Å². The van der Waals surface area contributed by atoms with Gasteiger partial charge in [-0.15, -0.1) is 33.3 Å². The van der Waals surface area contributed by atoms with Gasteiger partial charge in [0, 0.05) is 16.9 Å². The van der Waals surface area contributed by atoms with Crippen LogP contribution in [0.25, 0.3) is 0 Å². The number of β-lactam (4-membered cyclic amide) rings is 1. The minimum atomic E-state index is -4.73. The summed E-state index contributed by atoms with van der Waals surface area (Å²) in [6, 6.07) is -1.18. The summed E-state index contributed by atoms with van der Waals surface area (Å²) < 4.78 is 38.2. The Balaban J connectivity index is 1.50. The first kappa shape index (κ1) is 27.8. The predicted molar refractivity (Wildman–Crippen MR) is 131 cm³/mol. The van der Waals surface area contributed by atoms with Crippen molar-refractivity contribution in [2.24, 2.45) is 5.16 Å². The summed E-state index contributed by atoms with van der Waals surface area (Å²) in [6.07, 6.45) is -4.41. The fourth-order valence-corrected chi connectivity index (χ4v) is 6.88. The number of alkyl halides is 3. The van der Waals surface area contributed by atoms with Crippen molar-refractivity contribution in [1.29, 1.82) is 0 Å². The molecule has 4 heterocycles. The normalized spacial score (nSPS) is 19.5. The topological polar surface area (TPSA) is 176 Å². The van der Waals surface area contributed by atoms with Gasteiger partial charge in [0.25, 0.3) is 11.8 Å². The Kier molecular flexibility index (Phi) is 8.53. The molecule has 13 nitrogen and oxygen atoms in total. The number of carbonyl (C=O) groups is 4. The van der Waals surface area contributed by atoms with E-state index in [4.69, 9.17) is 0 Å². The smallest absolute Gasteiger partial charge is 0.425 e. The molecular weight excluding hydrogens is 596 g/mol. The number of thiazole rings is 1. The van der Waals surface area contributed by atoms with Crippen LogP contribution in [0.4, 0.5) is 18.3 Å². The maximum atomic E-state index is 13.0. The summed E-state index contributed by atoms with van der Waals surface area (Å²) in [5, 5.41) is 25.8. The first-order chi connectivity index (χ1) is 18.1. The molecule has 0 radical (unpaired) electrons. The second-order valence-corrected chi connectivity index (χ2v) is 11.3. The van der Waals surface area contributed by atoms with Crippen LogP contribution in [-0.2, 0) is 24.0 Å². The molecule has 3 N–H and O–H groups in total. The quantitative estimate of drug-likeness (QED) is 0.110. The number of fused-ring (bicyclic) bond motifs is 1. The molecule has 1 fully saturated rings. The Morgan fingerprint density at radius 3 is 2.82 bits per heavy atom. The van der Waals surface area contributed by atoms with Crippen molar-refractivity contribution in [3.05, 3.63) is 27.9 Å². The lowest BCUT2D eigenvalue weighted by molar-refractivity contribution is -0.174. The Morgan fingerprint density at radius 2 is 2.16 bits per heavy atom. The molecule has 2 aromatic heterocycles. The number of rotatable bonds is 11. The van der Waals surface area contributed by atoms with Crippen molar-refractivity contribution in [3.63, 3.8) is 0 Å². The average Bonchev–Trinajstić information content (AvgIpc) is 3.55. The van der Waals surface area contributed by atoms with Gasteiger partial charge in [0.1, 0.15) is 28.3 Å². The van der Waals surface area contributed by atoms with E-state index in [9.17, 15) is 37.5 Å². The van der Waals surface area contributed by atoms with Crippen LogP contribution < -0.4 is 10.6 Å². The zero-order valence-corrected chi connectivity index (χ0v) is 21.8. The minimum Gasteiger partial charge on any atom is -0.477 e. The number of hydrogen-bond acceptors (Lipinski definition) is 13. The lowest BCUT2D eigenvalue weighted by atomic mass is 10.0. The summed E-state index contributed by atoms with van der Waals surface area (Å²) in [5.41, 5.74) is 0.940. The summed E-state index contributed by atoms with van der Waals surface area (Å²) in [6.45, 7) is -1.79. The molecule has 2 aliphatic rings. The van der Waals surface area contributed by atoms with Crippen molar-refractivity contribution in [2.75, 3.05) is 23.4 Å². The molecule has 3 amide bonds. The van der Waals surface area contributed by atoms with E-state index in [2.05, 4.69) is 35.8 Å². The number of carboxylic acid groups (broad SMARTS) is 1. The van der Waals surface area contributed by atoms with Crippen molar-refractivity contribution < 1.29 is 42.3 Å². The van der Waals surface area contributed by atoms with Crippen LogP contribution in [0.2, 0.25) is 0 Å². The van der Waals surface area contributed by atoms with Crippen LogP contribution in [-0.4, -0.2) is 90.8 Å². The van der Waals surface area contributed by atoms with Gasteiger partial charge in [0.05, 0.1) is 0 Å². The highest BCUT2D eigenvalue weighted by atomic mass is 32.2. The van der Waals surface area contributed by atoms with E-state index in [1.807, 2.05) is 0 Å². The molecule has 1 unspecified atom stereocenters. The standard InChI is InChI=1S/C18H14F3N7O6S4/c19-18(20,21)4-34-27-9(8-3-36-16(24-8)22-5-29)12(30)25-10-13(31)28-11(15(32)33)7(1-35-14(10)28)2-37-17-26-23-6-38-17/h3,5-6,10,14H,1-2,4H2,(H,25,30)(H,32,33)(H,22,24,29)/b27-9-/t10?,14-/m1/s1. The molecule has 202 valence electrons. The van der Waals surface area contributed by atoms with Crippen LogP contribution in [0, 0.1) is 0 Å². The largest absolute Gasteiger partial charge is 0.477 e. The molecule has 0 aliphatic carbocycles. The number of aliphatic carboxylic acids is 1. The fraction of sp³-hybridized carbons (Fsp3) is 0.333. The van der Waals surface area contributed by atoms with Gasteiger partial charge < -0.3 is 20.6 Å². The van der Waals surface area contributed by atoms with E-state index in [0.717, 1.165) is 16.2 Å². The molecule has 20 heteroatoms. The van der Waals surface area contributed by atoms with Crippen molar-refractivity contribution in [1.82, 2.24) is 25.4 Å². The second kappa shape index (κ2) is 11.7. The summed E-state index contributed by atoms with van der Waals surface area (Å²) in [4.78, 5) is 57.7. The number of anilines is 1. The highest BCUT2D eigenvalue weighted by Gasteiger charge is 2.54. The SMILES string of the molecule is O=CNc1nc(/C(=N/OCC(F)(F)F)C(=O)NC2C(=O)N3C(C(=O)O)=C(CSc4nncs4)CS[C@H]23)cs1. The summed E-state index contributed by atoms with van der Waals surface area (Å²) in [5.74, 6) is -2.61. The number of carboxylic acids is 1. The molecule has 4 rings (SSSR count). The van der Waals surface area contributed by atoms with Gasteiger partial charge in [0.2, 0.25) is 13.0 Å². The van der Waals surface area contributed by atoms with E-state index in [1.54, 1.807) is 0 Å². The third kappa shape index (κ3) is 6.25. The summed E-state index contributed by atoms with van der Waals surface area (Å²) in [7, 11) is 0. The number of hydrogen-bond donors (Lipinski definition) is 3. The van der Waals surface area contributed by atoms with Crippen LogP contribution in [0.15, 0.2) is 31.7 Å². The third-order valence-corrected chi connectivity index (χ3v) is 8.83. The number of nitrogens with zero attached hydrogens (tertiary/aromatic N) is 5. The van der Waals surface area contributed by atoms with Crippen LogP contribution in [0.5, 0.6) is 0 Å². The number of nitrogens with one attached hydrogen (secondary N) is 2. The van der Waals surface area contributed by atoms with E-state index < -0.39 is 47.7 Å². The maximum absolute atomic E-state index is 13.0. The first-order valence-electron chi connectivity index (χ1n) is 10.1. The summed E-state index contributed by atoms with van der Waals surface area (Å²) >= 11 is 4.64. The number of thioether (sulfide) groups is 2. The molecule has 2 atom stereocenters. The van der Waals surface area contributed by atoms with Gasteiger partial charge >= 0.3 is 12.1 Å². The number of halogens is 3. The Hall–Kier alpha value is -3.23. The Morgan fingerprint density at radius 1 is 1.37 bits per heavy atom. The van der Waals surface area contributed by atoms with Gasteiger partial charge in [-0.1, -0.05) is 28.3 Å². The molecule has 1 saturated heterocycles. The van der Waals surface area contributed by atoms with E-state index in [0.29, 0.717) is 16.3 Å².